The van der Waals surface area contributed by atoms with Crippen LogP contribution in [0.25, 0.3) is 0 Å². The Morgan fingerprint density at radius 3 is 2.95 bits per heavy atom. The molecule has 0 saturated heterocycles. The van der Waals surface area contributed by atoms with Crippen LogP contribution in [0.1, 0.15) is 38.2 Å². The Balaban J connectivity index is 2.03. The highest BCUT2D eigenvalue weighted by Gasteiger charge is 2.28. The second-order valence-electron chi connectivity index (χ2n) is 5.54. The predicted molar refractivity (Wildman–Crippen MR) is 84.8 cm³/mol. The Morgan fingerprint density at radius 2 is 2.24 bits per heavy atom. The van der Waals surface area contributed by atoms with Gasteiger partial charge in [-0.2, -0.15) is 0 Å². The van der Waals surface area contributed by atoms with E-state index in [2.05, 4.69) is 21.2 Å². The standard InChI is InChI=1S/C16H21BrFNO2/c1-3-21-16(20)11-5-4-6-12(8-11)19-15-9-13(17)14(18)7-10(15)2/h7,9,11-12,19H,3-6,8H2,1-2H3. The number of ether oxygens (including phenoxy) is 1. The molecule has 1 N–H and O–H groups in total. The van der Waals surface area contributed by atoms with E-state index >= 15 is 0 Å². The summed E-state index contributed by atoms with van der Waals surface area (Å²) in [5.41, 5.74) is 1.78. The van der Waals surface area contributed by atoms with Crippen LogP contribution in [0, 0.1) is 18.7 Å². The van der Waals surface area contributed by atoms with Gasteiger partial charge in [-0.05, 0) is 66.7 Å². The van der Waals surface area contributed by atoms with Gasteiger partial charge in [0.15, 0.2) is 0 Å². The lowest BCUT2D eigenvalue weighted by atomic mass is 9.85. The summed E-state index contributed by atoms with van der Waals surface area (Å²) in [6, 6.07) is 3.50. The lowest BCUT2D eigenvalue weighted by molar-refractivity contribution is -0.149. The van der Waals surface area contributed by atoms with Crippen LogP contribution in [0.5, 0.6) is 0 Å². The van der Waals surface area contributed by atoms with Gasteiger partial charge in [0.1, 0.15) is 5.82 Å². The van der Waals surface area contributed by atoms with Gasteiger partial charge in [0.25, 0.3) is 0 Å². The van der Waals surface area contributed by atoms with Crippen molar-refractivity contribution in [3.8, 4) is 0 Å². The third-order valence-corrected chi connectivity index (χ3v) is 4.53. The van der Waals surface area contributed by atoms with Gasteiger partial charge in [-0.1, -0.05) is 6.42 Å². The molecular formula is C16H21BrFNO2. The van der Waals surface area contributed by atoms with E-state index < -0.39 is 0 Å². The lowest BCUT2D eigenvalue weighted by Gasteiger charge is -2.29. The maximum atomic E-state index is 13.5. The molecule has 5 heteroatoms. The van der Waals surface area contributed by atoms with Crippen molar-refractivity contribution in [2.75, 3.05) is 11.9 Å². The Hall–Kier alpha value is -1.10. The molecule has 2 unspecified atom stereocenters. The highest BCUT2D eigenvalue weighted by atomic mass is 79.9. The zero-order valence-electron chi connectivity index (χ0n) is 12.4. The summed E-state index contributed by atoms with van der Waals surface area (Å²) >= 11 is 3.21. The number of nitrogens with one attached hydrogen (secondary N) is 1. The van der Waals surface area contributed by atoms with Crippen LogP contribution in [-0.4, -0.2) is 18.6 Å². The summed E-state index contributed by atoms with van der Waals surface area (Å²) < 4.78 is 19.0. The third-order valence-electron chi connectivity index (χ3n) is 3.92. The number of hydrogen-bond acceptors (Lipinski definition) is 3. The molecule has 116 valence electrons. The van der Waals surface area contributed by atoms with Gasteiger partial charge in [0, 0.05) is 11.7 Å². The average molecular weight is 358 g/mol. The first-order valence-corrected chi connectivity index (χ1v) is 8.19. The molecule has 1 aliphatic rings. The second kappa shape index (κ2) is 7.25. The number of benzene rings is 1. The van der Waals surface area contributed by atoms with Crippen molar-refractivity contribution in [3.05, 3.63) is 28.0 Å². The molecule has 0 radical (unpaired) electrons. The summed E-state index contributed by atoms with van der Waals surface area (Å²) in [6.45, 7) is 4.14. The molecule has 0 spiro atoms. The van der Waals surface area contributed by atoms with Crippen molar-refractivity contribution in [1.82, 2.24) is 0 Å². The van der Waals surface area contributed by atoms with Gasteiger partial charge in [-0.3, -0.25) is 4.79 Å². The highest BCUT2D eigenvalue weighted by Crippen LogP contribution is 2.30. The van der Waals surface area contributed by atoms with Gasteiger partial charge >= 0.3 is 5.97 Å². The van der Waals surface area contributed by atoms with Crippen LogP contribution >= 0.6 is 15.9 Å². The summed E-state index contributed by atoms with van der Waals surface area (Å²) in [6.07, 6.45) is 3.68. The van der Waals surface area contributed by atoms with Crippen LogP contribution in [0.15, 0.2) is 16.6 Å². The number of esters is 1. The first kappa shape index (κ1) is 16.3. The van der Waals surface area contributed by atoms with E-state index in [1.54, 1.807) is 6.07 Å². The molecule has 3 nitrogen and oxygen atoms in total. The van der Waals surface area contributed by atoms with E-state index in [9.17, 15) is 9.18 Å². The van der Waals surface area contributed by atoms with Gasteiger partial charge in [0.05, 0.1) is 17.0 Å². The zero-order chi connectivity index (χ0) is 15.4. The number of carbonyl (C=O) groups excluding carboxylic acids is 1. The molecule has 21 heavy (non-hydrogen) atoms. The Morgan fingerprint density at radius 1 is 1.48 bits per heavy atom. The fourth-order valence-corrected chi connectivity index (χ4v) is 3.16. The SMILES string of the molecule is CCOC(=O)C1CCCC(Nc2cc(Br)c(F)cc2C)C1. The number of carbonyl (C=O) groups is 1. The number of halogens is 2. The summed E-state index contributed by atoms with van der Waals surface area (Å²) in [4.78, 5) is 11.9. The smallest absolute Gasteiger partial charge is 0.308 e. The quantitative estimate of drug-likeness (QED) is 0.810. The van der Waals surface area contributed by atoms with Crippen LogP contribution in [0.4, 0.5) is 10.1 Å². The molecule has 1 aromatic carbocycles. The molecule has 0 amide bonds. The van der Waals surface area contributed by atoms with Crippen molar-refractivity contribution in [3.63, 3.8) is 0 Å². The topological polar surface area (TPSA) is 38.3 Å². The fraction of sp³-hybridized carbons (Fsp3) is 0.562. The van der Waals surface area contributed by atoms with E-state index in [-0.39, 0.29) is 23.7 Å². The second-order valence-corrected chi connectivity index (χ2v) is 6.39. The van der Waals surface area contributed by atoms with E-state index in [4.69, 9.17) is 4.74 Å². The van der Waals surface area contributed by atoms with Crippen molar-refractivity contribution < 1.29 is 13.9 Å². The minimum Gasteiger partial charge on any atom is -0.466 e. The minimum atomic E-state index is -0.258. The average Bonchev–Trinajstić information content (AvgIpc) is 2.45. The van der Waals surface area contributed by atoms with E-state index in [0.29, 0.717) is 11.1 Å². The minimum absolute atomic E-state index is 0.0274. The van der Waals surface area contributed by atoms with Crippen molar-refractivity contribution in [2.45, 2.75) is 45.6 Å². The maximum absolute atomic E-state index is 13.5. The highest BCUT2D eigenvalue weighted by molar-refractivity contribution is 9.10. The molecule has 0 aromatic heterocycles. The van der Waals surface area contributed by atoms with E-state index in [1.165, 1.54) is 6.07 Å². The van der Waals surface area contributed by atoms with Crippen LogP contribution in [-0.2, 0) is 9.53 Å². The molecule has 1 fully saturated rings. The predicted octanol–water partition coefficient (Wildman–Crippen LogP) is 4.43. The molecule has 0 heterocycles. The normalized spacial score (nSPS) is 21.9. The van der Waals surface area contributed by atoms with Crippen LogP contribution in [0.2, 0.25) is 0 Å². The first-order chi connectivity index (χ1) is 10.0. The van der Waals surface area contributed by atoms with Gasteiger partial charge < -0.3 is 10.1 Å². The number of anilines is 1. The molecule has 1 aliphatic carbocycles. The third kappa shape index (κ3) is 4.19. The number of aryl methyl sites for hydroxylation is 1. The lowest BCUT2D eigenvalue weighted by Crippen LogP contribution is -2.32. The fourth-order valence-electron chi connectivity index (χ4n) is 2.82. The molecular weight excluding hydrogens is 337 g/mol. The molecule has 0 aliphatic heterocycles. The summed E-state index contributed by atoms with van der Waals surface area (Å²) in [5.74, 6) is -0.382. The van der Waals surface area contributed by atoms with Gasteiger partial charge in [0.2, 0.25) is 0 Å². The molecule has 1 aromatic rings. The molecule has 0 bridgehead atoms. The zero-order valence-corrected chi connectivity index (χ0v) is 14.0. The molecule has 1 saturated carbocycles. The van der Waals surface area contributed by atoms with E-state index in [0.717, 1.165) is 36.9 Å². The maximum Gasteiger partial charge on any atom is 0.308 e. The number of hydrogen-bond donors (Lipinski definition) is 1. The van der Waals surface area contributed by atoms with Crippen molar-refractivity contribution >= 4 is 27.6 Å². The van der Waals surface area contributed by atoms with Crippen molar-refractivity contribution in [1.29, 1.82) is 0 Å². The van der Waals surface area contributed by atoms with E-state index in [1.807, 2.05) is 13.8 Å². The summed E-state index contributed by atoms with van der Waals surface area (Å²) in [5, 5.41) is 3.44. The Kier molecular flexibility index (Phi) is 5.62. The van der Waals surface area contributed by atoms with Gasteiger partial charge in [-0.25, -0.2) is 4.39 Å². The molecule has 2 rings (SSSR count). The summed E-state index contributed by atoms with van der Waals surface area (Å²) in [7, 11) is 0. The van der Waals surface area contributed by atoms with Crippen LogP contribution in [0.3, 0.4) is 0 Å². The largest absolute Gasteiger partial charge is 0.466 e. The number of rotatable bonds is 4. The van der Waals surface area contributed by atoms with Crippen LogP contribution < -0.4 is 5.32 Å². The van der Waals surface area contributed by atoms with Gasteiger partial charge in [-0.15, -0.1) is 0 Å². The Bertz CT molecular complexity index is 521. The molecule has 2 atom stereocenters. The monoisotopic (exact) mass is 357 g/mol. The first-order valence-electron chi connectivity index (χ1n) is 7.40. The Labute approximate surface area is 133 Å². The van der Waals surface area contributed by atoms with Crippen molar-refractivity contribution in [2.24, 2.45) is 5.92 Å².